The molecule has 22 heavy (non-hydrogen) atoms. The summed E-state index contributed by atoms with van der Waals surface area (Å²) in [4.78, 5) is 30.6. The zero-order chi connectivity index (χ0) is 15.7. The number of carbonyl (C=O) groups is 1. The Bertz CT molecular complexity index is 746. The summed E-state index contributed by atoms with van der Waals surface area (Å²) in [5.74, 6) is 0.170. The van der Waals surface area contributed by atoms with E-state index in [0.717, 1.165) is 5.69 Å². The first-order valence-electron chi connectivity index (χ1n) is 7.51. The molecule has 5 heteroatoms. The number of amides is 1. The Morgan fingerprint density at radius 3 is 2.55 bits per heavy atom. The van der Waals surface area contributed by atoms with E-state index in [4.69, 9.17) is 0 Å². The SMILES string of the molecule is CCn1c(C)ccc(C(=O)N2CC(c3ccncc3)C2)c1=O. The van der Waals surface area contributed by atoms with Crippen LogP contribution in [0.4, 0.5) is 0 Å². The second-order valence-corrected chi connectivity index (χ2v) is 5.63. The topological polar surface area (TPSA) is 55.2 Å². The van der Waals surface area contributed by atoms with E-state index in [1.54, 1.807) is 27.9 Å². The Kier molecular flexibility index (Phi) is 3.79. The van der Waals surface area contributed by atoms with Crippen LogP contribution in [0, 0.1) is 6.92 Å². The van der Waals surface area contributed by atoms with E-state index >= 15 is 0 Å². The highest BCUT2D eigenvalue weighted by molar-refractivity contribution is 5.94. The van der Waals surface area contributed by atoms with Crippen LogP contribution in [0.1, 0.15) is 34.5 Å². The summed E-state index contributed by atoms with van der Waals surface area (Å²) < 4.78 is 1.63. The van der Waals surface area contributed by atoms with E-state index in [-0.39, 0.29) is 17.0 Å². The van der Waals surface area contributed by atoms with Crippen LogP contribution in [0.3, 0.4) is 0 Å². The predicted octanol–water partition coefficient (Wildman–Crippen LogP) is 1.81. The van der Waals surface area contributed by atoms with Crippen LogP contribution >= 0.6 is 0 Å². The van der Waals surface area contributed by atoms with Crippen molar-refractivity contribution in [3.05, 3.63) is 63.8 Å². The average molecular weight is 297 g/mol. The molecule has 0 unspecified atom stereocenters. The molecule has 0 atom stereocenters. The fourth-order valence-corrected chi connectivity index (χ4v) is 2.89. The highest BCUT2D eigenvalue weighted by atomic mass is 16.2. The van der Waals surface area contributed by atoms with Crippen molar-refractivity contribution < 1.29 is 4.79 Å². The van der Waals surface area contributed by atoms with Gasteiger partial charge in [-0.05, 0) is 43.7 Å². The van der Waals surface area contributed by atoms with E-state index in [0.29, 0.717) is 25.6 Å². The Morgan fingerprint density at radius 2 is 1.91 bits per heavy atom. The molecule has 0 radical (unpaired) electrons. The van der Waals surface area contributed by atoms with Crippen molar-refractivity contribution in [2.75, 3.05) is 13.1 Å². The molecule has 1 saturated heterocycles. The van der Waals surface area contributed by atoms with Gasteiger partial charge in [0, 0.05) is 43.6 Å². The Labute approximate surface area is 129 Å². The minimum Gasteiger partial charge on any atom is -0.337 e. The summed E-state index contributed by atoms with van der Waals surface area (Å²) >= 11 is 0. The number of hydrogen-bond donors (Lipinski definition) is 0. The monoisotopic (exact) mass is 297 g/mol. The first-order valence-corrected chi connectivity index (χ1v) is 7.51. The molecule has 1 aliphatic heterocycles. The molecule has 1 amide bonds. The number of aromatic nitrogens is 2. The number of rotatable bonds is 3. The average Bonchev–Trinajstić information content (AvgIpc) is 2.47. The third kappa shape index (κ3) is 2.43. The van der Waals surface area contributed by atoms with Gasteiger partial charge in [-0.2, -0.15) is 0 Å². The molecule has 1 fully saturated rings. The van der Waals surface area contributed by atoms with E-state index < -0.39 is 0 Å². The highest BCUT2D eigenvalue weighted by Crippen LogP contribution is 2.27. The van der Waals surface area contributed by atoms with Crippen LogP contribution in [-0.2, 0) is 6.54 Å². The molecular formula is C17H19N3O2. The maximum Gasteiger partial charge on any atom is 0.263 e. The lowest BCUT2D eigenvalue weighted by molar-refractivity contribution is 0.0599. The van der Waals surface area contributed by atoms with Crippen molar-refractivity contribution in [1.82, 2.24) is 14.5 Å². The number of aryl methyl sites for hydroxylation is 1. The lowest BCUT2D eigenvalue weighted by Gasteiger charge is -2.39. The van der Waals surface area contributed by atoms with Gasteiger partial charge in [-0.3, -0.25) is 14.6 Å². The molecule has 3 rings (SSSR count). The molecule has 0 N–H and O–H groups in total. The van der Waals surface area contributed by atoms with Crippen LogP contribution in [0.15, 0.2) is 41.5 Å². The Hall–Kier alpha value is -2.43. The number of pyridine rings is 2. The molecule has 0 spiro atoms. The fraction of sp³-hybridized carbons (Fsp3) is 0.353. The summed E-state index contributed by atoms with van der Waals surface area (Å²) in [7, 11) is 0. The predicted molar refractivity (Wildman–Crippen MR) is 84.0 cm³/mol. The van der Waals surface area contributed by atoms with Gasteiger partial charge in [-0.1, -0.05) is 0 Å². The molecule has 1 aliphatic rings. The lowest BCUT2D eigenvalue weighted by Crippen LogP contribution is -2.50. The summed E-state index contributed by atoms with van der Waals surface area (Å²) in [5.41, 5.74) is 2.14. The van der Waals surface area contributed by atoms with Gasteiger partial charge in [0.05, 0.1) is 0 Å². The number of carbonyl (C=O) groups excluding carboxylic acids is 1. The molecule has 0 bridgehead atoms. The summed E-state index contributed by atoms with van der Waals surface area (Å²) in [6.45, 7) is 5.67. The second-order valence-electron chi connectivity index (χ2n) is 5.63. The molecule has 2 aromatic heterocycles. The van der Waals surface area contributed by atoms with Gasteiger partial charge >= 0.3 is 0 Å². The Morgan fingerprint density at radius 1 is 1.23 bits per heavy atom. The van der Waals surface area contributed by atoms with Gasteiger partial charge in [0.25, 0.3) is 11.5 Å². The molecule has 114 valence electrons. The van der Waals surface area contributed by atoms with Crippen molar-refractivity contribution in [1.29, 1.82) is 0 Å². The van der Waals surface area contributed by atoms with Gasteiger partial charge in [0.2, 0.25) is 0 Å². The highest BCUT2D eigenvalue weighted by Gasteiger charge is 2.33. The third-order valence-corrected chi connectivity index (χ3v) is 4.29. The van der Waals surface area contributed by atoms with Gasteiger partial charge in [-0.25, -0.2) is 0 Å². The van der Waals surface area contributed by atoms with Gasteiger partial charge in [-0.15, -0.1) is 0 Å². The summed E-state index contributed by atoms with van der Waals surface area (Å²) in [6.07, 6.45) is 3.53. The smallest absolute Gasteiger partial charge is 0.263 e. The maximum atomic E-state index is 12.5. The summed E-state index contributed by atoms with van der Waals surface area (Å²) in [5, 5.41) is 0. The zero-order valence-electron chi connectivity index (χ0n) is 12.8. The van der Waals surface area contributed by atoms with Crippen LogP contribution < -0.4 is 5.56 Å². The van der Waals surface area contributed by atoms with E-state index in [1.165, 1.54) is 5.56 Å². The van der Waals surface area contributed by atoms with Crippen LogP contribution in [0.25, 0.3) is 0 Å². The fourth-order valence-electron chi connectivity index (χ4n) is 2.89. The number of hydrogen-bond acceptors (Lipinski definition) is 3. The maximum absolute atomic E-state index is 12.5. The van der Waals surface area contributed by atoms with Crippen molar-refractivity contribution in [2.24, 2.45) is 0 Å². The Balaban J connectivity index is 1.76. The van der Waals surface area contributed by atoms with E-state index in [2.05, 4.69) is 4.98 Å². The quantitative estimate of drug-likeness (QED) is 0.868. The van der Waals surface area contributed by atoms with Crippen LogP contribution in [0.5, 0.6) is 0 Å². The van der Waals surface area contributed by atoms with Crippen molar-refractivity contribution in [3.8, 4) is 0 Å². The third-order valence-electron chi connectivity index (χ3n) is 4.29. The van der Waals surface area contributed by atoms with Crippen molar-refractivity contribution in [2.45, 2.75) is 26.3 Å². The van der Waals surface area contributed by atoms with Crippen molar-refractivity contribution in [3.63, 3.8) is 0 Å². The lowest BCUT2D eigenvalue weighted by atomic mass is 9.91. The normalized spacial score (nSPS) is 14.7. The second kappa shape index (κ2) is 5.75. The summed E-state index contributed by atoms with van der Waals surface area (Å²) in [6, 6.07) is 7.43. The van der Waals surface area contributed by atoms with Crippen LogP contribution in [0.2, 0.25) is 0 Å². The molecule has 2 aromatic rings. The minimum atomic E-state index is -0.195. The van der Waals surface area contributed by atoms with Crippen molar-refractivity contribution >= 4 is 5.91 Å². The van der Waals surface area contributed by atoms with Crippen LogP contribution in [-0.4, -0.2) is 33.4 Å². The standard InChI is InChI=1S/C17H19N3O2/c1-3-20-12(2)4-5-15(17(20)22)16(21)19-10-14(11-19)13-6-8-18-9-7-13/h4-9,14H,3,10-11H2,1-2H3. The zero-order valence-corrected chi connectivity index (χ0v) is 12.8. The first-order chi connectivity index (χ1) is 10.6. The van der Waals surface area contributed by atoms with Gasteiger partial charge < -0.3 is 9.47 Å². The van der Waals surface area contributed by atoms with E-state index in [9.17, 15) is 9.59 Å². The molecule has 0 saturated carbocycles. The van der Waals surface area contributed by atoms with E-state index in [1.807, 2.05) is 32.0 Å². The molecule has 0 aliphatic carbocycles. The minimum absolute atomic E-state index is 0.169. The first kappa shape index (κ1) is 14.5. The largest absolute Gasteiger partial charge is 0.337 e. The number of nitrogens with zero attached hydrogens (tertiary/aromatic N) is 3. The molecule has 5 nitrogen and oxygen atoms in total. The number of likely N-dealkylation sites (tertiary alicyclic amines) is 1. The van der Waals surface area contributed by atoms with Gasteiger partial charge in [0.1, 0.15) is 5.56 Å². The molecule has 3 heterocycles. The molecule has 0 aromatic carbocycles. The van der Waals surface area contributed by atoms with Gasteiger partial charge in [0.15, 0.2) is 0 Å². The molecular weight excluding hydrogens is 278 g/mol.